The average Bonchev–Trinajstić information content (AvgIpc) is 2.81. The van der Waals surface area contributed by atoms with E-state index in [1.165, 1.54) is 18.1 Å². The number of nitrogens with two attached hydrogens (primary N) is 1. The molecule has 12 heteroatoms. The standard InChI is InChI=1S/C21H25N5O7/c1-30-12-11-26(18(22)27)17-13-15(33-14-7-5-4-6-8-14)9-10-16(17)23-19(24-20(28)31-2)25-21(29)32-3/h4-10,13H,11-12H2,1-3H3,(H2,22,27)(H2,23,24,25,28,29). The normalized spacial score (nSPS) is 9.91. The number of ether oxygens (including phenoxy) is 4. The fourth-order valence-corrected chi connectivity index (χ4v) is 2.54. The number of carbonyl (C=O) groups excluding carboxylic acids is 3. The fraction of sp³-hybridized carbons (Fsp3) is 0.238. The summed E-state index contributed by atoms with van der Waals surface area (Å²) in [6.45, 7) is 0.289. The molecular formula is C21H25N5O7. The zero-order chi connectivity index (χ0) is 24.2. The molecule has 176 valence electrons. The van der Waals surface area contributed by atoms with Crippen molar-refractivity contribution in [2.45, 2.75) is 0 Å². The molecule has 0 bridgehead atoms. The predicted molar refractivity (Wildman–Crippen MR) is 120 cm³/mol. The number of anilines is 1. The number of aliphatic imine (C=N–C) groups is 1. The Hall–Kier alpha value is -4.32. The second kappa shape index (κ2) is 12.5. The molecule has 0 radical (unpaired) electrons. The third-order valence-electron chi connectivity index (χ3n) is 4.05. The molecule has 0 aromatic heterocycles. The lowest BCUT2D eigenvalue weighted by Crippen LogP contribution is -2.43. The fourth-order valence-electron chi connectivity index (χ4n) is 2.54. The molecule has 0 saturated heterocycles. The highest BCUT2D eigenvalue weighted by Gasteiger charge is 2.19. The van der Waals surface area contributed by atoms with Crippen LogP contribution in [0.4, 0.5) is 25.8 Å². The number of hydrogen-bond acceptors (Lipinski definition) is 8. The van der Waals surface area contributed by atoms with Crippen LogP contribution in [0.25, 0.3) is 0 Å². The maximum absolute atomic E-state index is 12.2. The van der Waals surface area contributed by atoms with E-state index < -0.39 is 18.2 Å². The summed E-state index contributed by atoms with van der Waals surface area (Å²) < 4.78 is 20.0. The van der Waals surface area contributed by atoms with Crippen LogP contribution in [0.3, 0.4) is 0 Å². The summed E-state index contributed by atoms with van der Waals surface area (Å²) in [6, 6.07) is 12.9. The molecule has 0 aliphatic heterocycles. The summed E-state index contributed by atoms with van der Waals surface area (Å²) in [6.07, 6.45) is -1.77. The van der Waals surface area contributed by atoms with Crippen molar-refractivity contribution in [1.29, 1.82) is 0 Å². The molecular weight excluding hydrogens is 434 g/mol. The van der Waals surface area contributed by atoms with Crippen LogP contribution < -0.4 is 26.0 Å². The Kier molecular flexibility index (Phi) is 9.46. The highest BCUT2D eigenvalue weighted by Crippen LogP contribution is 2.34. The van der Waals surface area contributed by atoms with Gasteiger partial charge in [-0.05, 0) is 24.3 Å². The third-order valence-corrected chi connectivity index (χ3v) is 4.05. The summed E-state index contributed by atoms with van der Waals surface area (Å²) in [5.74, 6) is 0.660. The van der Waals surface area contributed by atoms with Crippen LogP contribution >= 0.6 is 0 Å². The van der Waals surface area contributed by atoms with Crippen molar-refractivity contribution in [3.8, 4) is 11.5 Å². The molecule has 0 spiro atoms. The first-order valence-electron chi connectivity index (χ1n) is 9.59. The number of amides is 4. The van der Waals surface area contributed by atoms with E-state index in [4.69, 9.17) is 15.2 Å². The average molecular weight is 459 g/mol. The van der Waals surface area contributed by atoms with Gasteiger partial charge in [-0.25, -0.2) is 19.4 Å². The number of carbonyl (C=O) groups is 3. The summed E-state index contributed by atoms with van der Waals surface area (Å²) >= 11 is 0. The highest BCUT2D eigenvalue weighted by atomic mass is 16.5. The predicted octanol–water partition coefficient (Wildman–Crippen LogP) is 2.71. The lowest BCUT2D eigenvalue weighted by Gasteiger charge is -2.23. The Balaban J connectivity index is 2.54. The van der Waals surface area contributed by atoms with Crippen molar-refractivity contribution in [2.75, 3.05) is 39.4 Å². The van der Waals surface area contributed by atoms with E-state index >= 15 is 0 Å². The van der Waals surface area contributed by atoms with Gasteiger partial charge in [-0.2, -0.15) is 0 Å². The van der Waals surface area contributed by atoms with Crippen LogP contribution in [0.2, 0.25) is 0 Å². The number of methoxy groups -OCH3 is 3. The lowest BCUT2D eigenvalue weighted by atomic mass is 10.2. The Bertz CT molecular complexity index is 978. The molecule has 4 amide bonds. The molecule has 0 fully saturated rings. The van der Waals surface area contributed by atoms with Crippen molar-refractivity contribution in [2.24, 2.45) is 10.7 Å². The molecule has 2 aromatic rings. The van der Waals surface area contributed by atoms with Gasteiger partial charge in [-0.15, -0.1) is 0 Å². The van der Waals surface area contributed by atoms with Crippen molar-refractivity contribution in [1.82, 2.24) is 10.6 Å². The minimum atomic E-state index is -0.887. The lowest BCUT2D eigenvalue weighted by molar-refractivity contribution is 0.173. The van der Waals surface area contributed by atoms with E-state index in [2.05, 4.69) is 25.1 Å². The number of nitrogens with zero attached hydrogens (tertiary/aromatic N) is 2. The molecule has 33 heavy (non-hydrogen) atoms. The van der Waals surface area contributed by atoms with E-state index in [-0.39, 0.29) is 30.5 Å². The van der Waals surface area contributed by atoms with Gasteiger partial charge < -0.3 is 24.7 Å². The first kappa shape index (κ1) is 24.9. The van der Waals surface area contributed by atoms with Crippen molar-refractivity contribution in [3.63, 3.8) is 0 Å². The minimum absolute atomic E-state index is 0.105. The molecule has 0 aliphatic rings. The van der Waals surface area contributed by atoms with Crippen LogP contribution in [-0.2, 0) is 14.2 Å². The Morgan fingerprint density at radius 1 is 0.939 bits per heavy atom. The van der Waals surface area contributed by atoms with Crippen molar-refractivity contribution < 1.29 is 33.3 Å². The second-order valence-corrected chi connectivity index (χ2v) is 6.24. The first-order chi connectivity index (χ1) is 15.9. The molecule has 0 saturated carbocycles. The van der Waals surface area contributed by atoms with E-state index in [1.54, 1.807) is 24.3 Å². The number of nitrogens with one attached hydrogen (secondary N) is 2. The zero-order valence-electron chi connectivity index (χ0n) is 18.4. The summed E-state index contributed by atoms with van der Waals surface area (Å²) in [5.41, 5.74) is 5.99. The van der Waals surface area contributed by atoms with Gasteiger partial charge in [-0.3, -0.25) is 15.5 Å². The number of hydrogen-bond donors (Lipinski definition) is 3. The van der Waals surface area contributed by atoms with E-state index in [1.807, 2.05) is 18.2 Å². The van der Waals surface area contributed by atoms with Crippen LogP contribution in [0.1, 0.15) is 0 Å². The number of alkyl carbamates (subject to hydrolysis) is 2. The first-order valence-corrected chi connectivity index (χ1v) is 9.59. The minimum Gasteiger partial charge on any atom is -0.457 e. The van der Waals surface area contributed by atoms with Crippen LogP contribution in [0.15, 0.2) is 53.5 Å². The number of rotatable bonds is 7. The van der Waals surface area contributed by atoms with Gasteiger partial charge in [0.1, 0.15) is 11.5 Å². The molecule has 2 aromatic carbocycles. The van der Waals surface area contributed by atoms with Gasteiger partial charge >= 0.3 is 18.2 Å². The molecule has 0 aliphatic carbocycles. The third kappa shape index (κ3) is 7.70. The Morgan fingerprint density at radius 2 is 1.58 bits per heavy atom. The molecule has 0 heterocycles. The summed E-state index contributed by atoms with van der Waals surface area (Å²) in [4.78, 5) is 41.0. The smallest absolute Gasteiger partial charge is 0.413 e. The van der Waals surface area contributed by atoms with E-state index in [0.717, 1.165) is 14.2 Å². The Labute approximate surface area is 190 Å². The Morgan fingerprint density at radius 3 is 2.12 bits per heavy atom. The van der Waals surface area contributed by atoms with Gasteiger partial charge in [0.05, 0.1) is 38.7 Å². The number of primary amides is 1. The van der Waals surface area contributed by atoms with E-state index in [0.29, 0.717) is 11.5 Å². The number of benzene rings is 2. The topological polar surface area (TPSA) is 154 Å². The maximum atomic E-state index is 12.2. The monoisotopic (exact) mass is 459 g/mol. The largest absolute Gasteiger partial charge is 0.457 e. The SMILES string of the molecule is COCCN(C(N)=O)c1cc(Oc2ccccc2)ccc1N=C(NC(=O)OC)NC(=O)OC. The number of guanidine groups is 1. The van der Waals surface area contributed by atoms with Crippen molar-refractivity contribution >= 4 is 35.6 Å². The van der Waals surface area contributed by atoms with Crippen molar-refractivity contribution in [3.05, 3.63) is 48.5 Å². The van der Waals surface area contributed by atoms with Gasteiger partial charge in [0.2, 0.25) is 5.96 Å². The number of para-hydroxylation sites is 1. The van der Waals surface area contributed by atoms with Gasteiger partial charge in [-0.1, -0.05) is 18.2 Å². The summed E-state index contributed by atoms with van der Waals surface area (Å²) in [7, 11) is 3.77. The second-order valence-electron chi connectivity index (χ2n) is 6.24. The van der Waals surface area contributed by atoms with Gasteiger partial charge in [0.15, 0.2) is 0 Å². The zero-order valence-corrected chi connectivity index (χ0v) is 18.4. The maximum Gasteiger partial charge on any atom is 0.413 e. The highest BCUT2D eigenvalue weighted by molar-refractivity contribution is 6.03. The molecule has 0 unspecified atom stereocenters. The molecule has 4 N–H and O–H groups in total. The summed E-state index contributed by atoms with van der Waals surface area (Å²) in [5, 5.41) is 4.52. The number of urea groups is 1. The van der Waals surface area contributed by atoms with Crippen LogP contribution in [0, 0.1) is 0 Å². The van der Waals surface area contributed by atoms with Crippen LogP contribution in [0.5, 0.6) is 11.5 Å². The van der Waals surface area contributed by atoms with Crippen LogP contribution in [-0.4, -0.2) is 58.7 Å². The molecule has 2 rings (SSSR count). The molecule has 12 nitrogen and oxygen atoms in total. The quantitative estimate of drug-likeness (QED) is 0.425. The van der Waals surface area contributed by atoms with E-state index in [9.17, 15) is 14.4 Å². The van der Waals surface area contributed by atoms with Gasteiger partial charge in [0.25, 0.3) is 0 Å². The van der Waals surface area contributed by atoms with Gasteiger partial charge in [0, 0.05) is 13.2 Å². The molecule has 0 atom stereocenters.